The molecule has 0 saturated heterocycles. The molecule has 6 heteroatoms. The standard InChI is InChI=1S/C54H100O6/c1-4-7-10-13-14-15-16-17-18-19-20-21-29-34-41-48-53(57)59-51(44-37-12-9-6-3)46-39-32-27-23-25-30-35-42-49-54(58)60-50(43-36-11-8-5-2)45-38-31-26-22-24-28-33-40-47-52(55)56/h31-32,38-39,50-51H,4-30,33-37,40-49H2,1-3H3,(H,55,56)/b38-31+,39-32+. The van der Waals surface area contributed by atoms with Gasteiger partial charge in [0.15, 0.2) is 0 Å². The van der Waals surface area contributed by atoms with E-state index in [-0.39, 0.29) is 30.6 Å². The predicted octanol–water partition coefficient (Wildman–Crippen LogP) is 17.5. The molecule has 0 aliphatic heterocycles. The maximum atomic E-state index is 12.7. The molecule has 2 atom stereocenters. The van der Waals surface area contributed by atoms with E-state index in [1.807, 2.05) is 0 Å². The molecule has 0 aliphatic carbocycles. The third-order valence-corrected chi connectivity index (χ3v) is 12.0. The first-order chi connectivity index (χ1) is 29.4. The van der Waals surface area contributed by atoms with E-state index < -0.39 is 5.97 Å². The van der Waals surface area contributed by atoms with Crippen molar-refractivity contribution in [1.29, 1.82) is 0 Å². The van der Waals surface area contributed by atoms with Crippen LogP contribution < -0.4 is 0 Å². The number of ether oxygens (including phenoxy) is 2. The van der Waals surface area contributed by atoms with Crippen LogP contribution in [-0.4, -0.2) is 35.2 Å². The van der Waals surface area contributed by atoms with Gasteiger partial charge >= 0.3 is 17.9 Å². The number of hydrogen-bond donors (Lipinski definition) is 1. The fraction of sp³-hybridized carbons (Fsp3) is 0.870. The first-order valence-electron chi connectivity index (χ1n) is 26.3. The highest BCUT2D eigenvalue weighted by Crippen LogP contribution is 2.18. The van der Waals surface area contributed by atoms with Crippen LogP contribution in [0.2, 0.25) is 0 Å². The van der Waals surface area contributed by atoms with Gasteiger partial charge < -0.3 is 14.6 Å². The summed E-state index contributed by atoms with van der Waals surface area (Å²) in [5, 5.41) is 8.75. The number of hydrogen-bond acceptors (Lipinski definition) is 5. The van der Waals surface area contributed by atoms with Crippen molar-refractivity contribution in [2.75, 3.05) is 0 Å². The smallest absolute Gasteiger partial charge is 0.306 e. The molecule has 60 heavy (non-hydrogen) atoms. The minimum atomic E-state index is -0.701. The maximum absolute atomic E-state index is 12.7. The topological polar surface area (TPSA) is 89.9 Å². The Bertz CT molecular complexity index is 989. The first kappa shape index (κ1) is 57.9. The average Bonchev–Trinajstić information content (AvgIpc) is 3.23. The lowest BCUT2D eigenvalue weighted by atomic mass is 10.0. The zero-order valence-corrected chi connectivity index (χ0v) is 40.2. The Morgan fingerprint density at radius 2 is 0.650 bits per heavy atom. The molecule has 0 aromatic heterocycles. The van der Waals surface area contributed by atoms with Gasteiger partial charge in [0, 0.05) is 32.1 Å². The van der Waals surface area contributed by atoms with E-state index in [2.05, 4.69) is 45.1 Å². The van der Waals surface area contributed by atoms with Gasteiger partial charge in [-0.25, -0.2) is 0 Å². The summed E-state index contributed by atoms with van der Waals surface area (Å²) >= 11 is 0. The number of rotatable bonds is 48. The van der Waals surface area contributed by atoms with Crippen LogP contribution in [0.15, 0.2) is 24.3 Å². The lowest BCUT2D eigenvalue weighted by Crippen LogP contribution is -2.17. The van der Waals surface area contributed by atoms with E-state index in [0.717, 1.165) is 122 Å². The monoisotopic (exact) mass is 845 g/mol. The van der Waals surface area contributed by atoms with Crippen LogP contribution in [0.5, 0.6) is 0 Å². The largest absolute Gasteiger partial charge is 0.481 e. The third kappa shape index (κ3) is 45.4. The van der Waals surface area contributed by atoms with Gasteiger partial charge in [0.05, 0.1) is 0 Å². The molecule has 0 amide bonds. The summed E-state index contributed by atoms with van der Waals surface area (Å²) in [6.45, 7) is 6.74. The second kappa shape index (κ2) is 47.9. The van der Waals surface area contributed by atoms with Crippen LogP contribution in [0.1, 0.15) is 290 Å². The molecule has 0 saturated carbocycles. The number of carbonyl (C=O) groups excluding carboxylic acids is 2. The van der Waals surface area contributed by atoms with Gasteiger partial charge in [0.1, 0.15) is 12.2 Å². The van der Waals surface area contributed by atoms with Gasteiger partial charge in [-0.1, -0.05) is 212 Å². The second-order valence-electron chi connectivity index (χ2n) is 18.0. The summed E-state index contributed by atoms with van der Waals surface area (Å²) in [5.74, 6) is -0.756. The number of unbranched alkanes of at least 4 members (excludes halogenated alkanes) is 30. The van der Waals surface area contributed by atoms with Crippen molar-refractivity contribution in [3.05, 3.63) is 24.3 Å². The second-order valence-corrected chi connectivity index (χ2v) is 18.0. The molecule has 1 N–H and O–H groups in total. The molecule has 0 fully saturated rings. The predicted molar refractivity (Wildman–Crippen MR) is 257 cm³/mol. The summed E-state index contributed by atoms with van der Waals surface area (Å²) in [5.41, 5.74) is 0. The lowest BCUT2D eigenvalue weighted by Gasteiger charge is -2.17. The van der Waals surface area contributed by atoms with E-state index in [4.69, 9.17) is 14.6 Å². The molecule has 0 aromatic carbocycles. The van der Waals surface area contributed by atoms with Gasteiger partial charge in [0.25, 0.3) is 0 Å². The number of carboxylic acids is 1. The molecule has 352 valence electrons. The molecule has 0 spiro atoms. The summed E-state index contributed by atoms with van der Waals surface area (Å²) in [4.78, 5) is 36.1. The Morgan fingerprint density at radius 1 is 0.367 bits per heavy atom. The number of esters is 2. The van der Waals surface area contributed by atoms with Crippen molar-refractivity contribution in [3.8, 4) is 0 Å². The fourth-order valence-electron chi connectivity index (χ4n) is 8.04. The highest BCUT2D eigenvalue weighted by molar-refractivity contribution is 5.69. The summed E-state index contributed by atoms with van der Waals surface area (Å²) in [7, 11) is 0. The van der Waals surface area contributed by atoms with E-state index in [0.29, 0.717) is 12.8 Å². The number of aliphatic carboxylic acids is 1. The van der Waals surface area contributed by atoms with Gasteiger partial charge in [-0.3, -0.25) is 14.4 Å². The average molecular weight is 845 g/mol. The lowest BCUT2D eigenvalue weighted by molar-refractivity contribution is -0.150. The SMILES string of the molecule is CCCCCCCCCCCCCCCCCC(=O)OC(C/C=C/CCCCCCCC(=O)OC(C/C=C/CCCCCCCC(=O)O)CCCCCC)CCCCCC. The molecule has 0 bridgehead atoms. The number of allylic oxidation sites excluding steroid dienone is 2. The molecule has 0 heterocycles. The van der Waals surface area contributed by atoms with Crippen molar-refractivity contribution in [2.45, 2.75) is 303 Å². The maximum Gasteiger partial charge on any atom is 0.306 e. The van der Waals surface area contributed by atoms with Gasteiger partial charge in [-0.2, -0.15) is 0 Å². The van der Waals surface area contributed by atoms with Crippen molar-refractivity contribution in [2.24, 2.45) is 0 Å². The Labute approximate surface area is 372 Å². The van der Waals surface area contributed by atoms with Gasteiger partial charge in [-0.05, 0) is 70.6 Å². The fourth-order valence-corrected chi connectivity index (χ4v) is 8.04. The van der Waals surface area contributed by atoms with Gasteiger partial charge in [-0.15, -0.1) is 0 Å². The van der Waals surface area contributed by atoms with E-state index in [1.165, 1.54) is 128 Å². The molecule has 2 unspecified atom stereocenters. The minimum absolute atomic E-state index is 0.00669. The molecule has 0 aliphatic rings. The van der Waals surface area contributed by atoms with Gasteiger partial charge in [0.2, 0.25) is 0 Å². The third-order valence-electron chi connectivity index (χ3n) is 12.0. The van der Waals surface area contributed by atoms with Crippen molar-refractivity contribution >= 4 is 17.9 Å². The summed E-state index contributed by atoms with van der Waals surface area (Å²) in [6, 6.07) is 0. The normalized spacial score (nSPS) is 12.7. The number of carboxylic acid groups (broad SMARTS) is 1. The number of carbonyl (C=O) groups is 3. The van der Waals surface area contributed by atoms with Crippen LogP contribution in [0, 0.1) is 0 Å². The van der Waals surface area contributed by atoms with Crippen LogP contribution in [0.3, 0.4) is 0 Å². The van der Waals surface area contributed by atoms with Crippen LogP contribution in [0.25, 0.3) is 0 Å². The van der Waals surface area contributed by atoms with Crippen molar-refractivity contribution < 1.29 is 29.0 Å². The van der Waals surface area contributed by atoms with Crippen molar-refractivity contribution in [3.63, 3.8) is 0 Å². The zero-order valence-electron chi connectivity index (χ0n) is 40.2. The van der Waals surface area contributed by atoms with Crippen LogP contribution >= 0.6 is 0 Å². The molecule has 6 nitrogen and oxygen atoms in total. The molecule has 0 rings (SSSR count). The van der Waals surface area contributed by atoms with Crippen LogP contribution in [0.4, 0.5) is 0 Å². The Balaban J connectivity index is 4.19. The summed E-state index contributed by atoms with van der Waals surface area (Å²) < 4.78 is 12.0. The molecule has 0 radical (unpaired) electrons. The Hall–Kier alpha value is -2.11. The highest BCUT2D eigenvalue weighted by atomic mass is 16.5. The van der Waals surface area contributed by atoms with E-state index >= 15 is 0 Å². The summed E-state index contributed by atoms with van der Waals surface area (Å²) in [6.07, 6.45) is 55.9. The molecule has 0 aromatic rings. The minimum Gasteiger partial charge on any atom is -0.481 e. The van der Waals surface area contributed by atoms with E-state index in [9.17, 15) is 14.4 Å². The van der Waals surface area contributed by atoms with E-state index in [1.54, 1.807) is 0 Å². The Kier molecular flexibility index (Phi) is 46.2. The molecular formula is C54H100O6. The van der Waals surface area contributed by atoms with Crippen molar-refractivity contribution in [1.82, 2.24) is 0 Å². The quantitative estimate of drug-likeness (QED) is 0.0373. The van der Waals surface area contributed by atoms with Crippen LogP contribution in [-0.2, 0) is 23.9 Å². The Morgan fingerprint density at radius 3 is 0.983 bits per heavy atom. The molecular weight excluding hydrogens is 745 g/mol. The zero-order chi connectivity index (χ0) is 43.8. The highest BCUT2D eigenvalue weighted by Gasteiger charge is 2.14. The first-order valence-corrected chi connectivity index (χ1v) is 26.3.